The molecule has 2 aliphatic rings. The number of nitrogens with one attached hydrogen (secondary N) is 3. The van der Waals surface area contributed by atoms with Crippen molar-refractivity contribution in [3.63, 3.8) is 0 Å². The van der Waals surface area contributed by atoms with Crippen LogP contribution < -0.4 is 15.4 Å². The molecule has 1 unspecified atom stereocenters. The Labute approximate surface area is 174 Å². The predicted molar refractivity (Wildman–Crippen MR) is 111 cm³/mol. The SMILES string of the molecule is N#CC1C[C@@H]2C[C@H](NC(=O)c3cc(-c4ccccc4Oc4ccccc4)n[nH]3)[C@H]1N2. The fourth-order valence-electron chi connectivity index (χ4n) is 4.41. The van der Waals surface area contributed by atoms with E-state index in [4.69, 9.17) is 4.74 Å². The molecular weight excluding hydrogens is 378 g/mol. The maximum atomic E-state index is 12.8. The van der Waals surface area contributed by atoms with E-state index in [2.05, 4.69) is 26.9 Å². The zero-order valence-corrected chi connectivity index (χ0v) is 16.2. The maximum absolute atomic E-state index is 12.8. The lowest BCUT2D eigenvalue weighted by molar-refractivity contribution is 0.0923. The third-order valence-corrected chi connectivity index (χ3v) is 5.81. The number of hydrogen-bond donors (Lipinski definition) is 3. The fourth-order valence-corrected chi connectivity index (χ4v) is 4.41. The number of nitrogens with zero attached hydrogens (tertiary/aromatic N) is 2. The van der Waals surface area contributed by atoms with Crippen molar-refractivity contribution in [1.82, 2.24) is 20.8 Å². The van der Waals surface area contributed by atoms with E-state index in [0.29, 0.717) is 23.2 Å². The van der Waals surface area contributed by atoms with Crippen LogP contribution in [0, 0.1) is 17.2 Å². The Balaban J connectivity index is 1.33. The van der Waals surface area contributed by atoms with E-state index >= 15 is 0 Å². The second kappa shape index (κ2) is 7.65. The van der Waals surface area contributed by atoms with Crippen molar-refractivity contribution in [2.75, 3.05) is 0 Å². The molecule has 3 N–H and O–H groups in total. The van der Waals surface area contributed by atoms with Crippen molar-refractivity contribution < 1.29 is 9.53 Å². The standard InChI is InChI=1S/C23H21N5O2/c24-13-14-10-15-11-19(22(14)25-15)26-23(29)20-12-18(27-28-20)17-8-4-5-9-21(17)30-16-6-2-1-3-7-16/h1-9,12,14-15,19,22,25H,10-11H2,(H,26,29)(H,27,28)/t14?,15-,19+,22+/m1/s1. The van der Waals surface area contributed by atoms with Gasteiger partial charge >= 0.3 is 0 Å². The third kappa shape index (κ3) is 3.42. The first-order chi connectivity index (χ1) is 14.7. The highest BCUT2D eigenvalue weighted by atomic mass is 16.5. The van der Waals surface area contributed by atoms with Crippen LogP contribution in [0.1, 0.15) is 23.3 Å². The number of carbonyl (C=O) groups is 1. The van der Waals surface area contributed by atoms with Crippen molar-refractivity contribution in [2.45, 2.75) is 31.0 Å². The van der Waals surface area contributed by atoms with Crippen LogP contribution in [0.2, 0.25) is 0 Å². The van der Waals surface area contributed by atoms with Crippen molar-refractivity contribution >= 4 is 5.91 Å². The van der Waals surface area contributed by atoms with Gasteiger partial charge in [-0.05, 0) is 43.2 Å². The molecule has 2 aliphatic heterocycles. The average Bonchev–Trinajstić information content (AvgIpc) is 3.50. The number of fused-ring (bicyclic) bond motifs is 2. The molecule has 30 heavy (non-hydrogen) atoms. The summed E-state index contributed by atoms with van der Waals surface area (Å²) in [4.78, 5) is 12.8. The van der Waals surface area contributed by atoms with Crippen LogP contribution >= 0.6 is 0 Å². The molecule has 7 nitrogen and oxygen atoms in total. The summed E-state index contributed by atoms with van der Waals surface area (Å²) in [6, 6.07) is 21.5. The number of para-hydroxylation sites is 2. The second-order valence-electron chi connectivity index (χ2n) is 7.75. The molecule has 2 bridgehead atoms. The van der Waals surface area contributed by atoms with Gasteiger partial charge in [-0.3, -0.25) is 9.89 Å². The van der Waals surface area contributed by atoms with Crippen LogP contribution in [-0.2, 0) is 0 Å². The highest BCUT2D eigenvalue weighted by Crippen LogP contribution is 2.34. The molecular formula is C23H21N5O2. The van der Waals surface area contributed by atoms with Gasteiger partial charge in [0.15, 0.2) is 0 Å². The number of amides is 1. The number of benzene rings is 2. The monoisotopic (exact) mass is 399 g/mol. The van der Waals surface area contributed by atoms with Gasteiger partial charge in [0.2, 0.25) is 0 Å². The number of aromatic nitrogens is 2. The van der Waals surface area contributed by atoms with Crippen LogP contribution in [0.15, 0.2) is 60.7 Å². The number of H-pyrrole nitrogens is 1. The molecule has 3 heterocycles. The van der Waals surface area contributed by atoms with Gasteiger partial charge in [-0.25, -0.2) is 0 Å². The van der Waals surface area contributed by atoms with Crippen LogP contribution in [-0.4, -0.2) is 34.2 Å². The minimum atomic E-state index is -0.216. The second-order valence-corrected chi connectivity index (χ2v) is 7.75. The molecule has 7 heteroatoms. The Morgan fingerprint density at radius 3 is 2.73 bits per heavy atom. The quantitative estimate of drug-likeness (QED) is 0.611. The molecule has 1 amide bonds. The van der Waals surface area contributed by atoms with E-state index in [1.807, 2.05) is 54.6 Å². The largest absolute Gasteiger partial charge is 0.457 e. The van der Waals surface area contributed by atoms with Crippen molar-refractivity contribution in [3.05, 3.63) is 66.4 Å². The molecule has 1 aromatic heterocycles. The fraction of sp³-hybridized carbons (Fsp3) is 0.261. The van der Waals surface area contributed by atoms with Crippen LogP contribution in [0.5, 0.6) is 11.5 Å². The first-order valence-corrected chi connectivity index (χ1v) is 10.1. The molecule has 3 aromatic rings. The molecule has 4 atom stereocenters. The number of carbonyl (C=O) groups excluding carboxylic acids is 1. The van der Waals surface area contributed by atoms with Gasteiger partial charge < -0.3 is 15.4 Å². The van der Waals surface area contributed by atoms with Gasteiger partial charge in [0.25, 0.3) is 5.91 Å². The molecule has 2 saturated heterocycles. The van der Waals surface area contributed by atoms with Crippen molar-refractivity contribution in [1.29, 1.82) is 5.26 Å². The van der Waals surface area contributed by atoms with Crippen LogP contribution in [0.25, 0.3) is 11.3 Å². The van der Waals surface area contributed by atoms with Gasteiger partial charge in [0.05, 0.1) is 17.7 Å². The molecule has 5 rings (SSSR count). The zero-order valence-electron chi connectivity index (χ0n) is 16.2. The third-order valence-electron chi connectivity index (χ3n) is 5.81. The number of aromatic amines is 1. The number of ether oxygens (including phenoxy) is 1. The lowest BCUT2D eigenvalue weighted by Crippen LogP contribution is -2.46. The number of hydrogen-bond acceptors (Lipinski definition) is 5. The summed E-state index contributed by atoms with van der Waals surface area (Å²) in [6.07, 6.45) is 1.71. The zero-order chi connectivity index (χ0) is 20.5. The minimum Gasteiger partial charge on any atom is -0.457 e. The van der Waals surface area contributed by atoms with Crippen LogP contribution in [0.4, 0.5) is 0 Å². The van der Waals surface area contributed by atoms with Crippen LogP contribution in [0.3, 0.4) is 0 Å². The summed E-state index contributed by atoms with van der Waals surface area (Å²) >= 11 is 0. The van der Waals surface area contributed by atoms with Gasteiger partial charge in [0, 0.05) is 23.7 Å². The molecule has 0 saturated carbocycles. The Hall–Kier alpha value is -3.63. The summed E-state index contributed by atoms with van der Waals surface area (Å²) in [7, 11) is 0. The highest BCUT2D eigenvalue weighted by molar-refractivity contribution is 5.93. The molecule has 0 spiro atoms. The molecule has 0 aliphatic carbocycles. The Morgan fingerprint density at radius 2 is 1.93 bits per heavy atom. The van der Waals surface area contributed by atoms with Crippen molar-refractivity contribution in [2.24, 2.45) is 5.92 Å². The maximum Gasteiger partial charge on any atom is 0.269 e. The van der Waals surface area contributed by atoms with Crippen molar-refractivity contribution in [3.8, 4) is 28.8 Å². The lowest BCUT2D eigenvalue weighted by atomic mass is 9.86. The van der Waals surface area contributed by atoms with E-state index in [0.717, 1.165) is 24.2 Å². The lowest BCUT2D eigenvalue weighted by Gasteiger charge is -2.24. The predicted octanol–water partition coefficient (Wildman–Crippen LogP) is 3.24. The number of rotatable bonds is 5. The average molecular weight is 399 g/mol. The summed E-state index contributed by atoms with van der Waals surface area (Å²) in [5, 5.41) is 22.9. The Bertz CT molecular complexity index is 1100. The number of nitriles is 1. The minimum absolute atomic E-state index is 0.0198. The topological polar surface area (TPSA) is 103 Å². The summed E-state index contributed by atoms with van der Waals surface area (Å²) in [5.41, 5.74) is 1.81. The smallest absolute Gasteiger partial charge is 0.269 e. The molecule has 150 valence electrons. The molecule has 2 aromatic carbocycles. The first-order valence-electron chi connectivity index (χ1n) is 10.1. The van der Waals surface area contributed by atoms with E-state index < -0.39 is 0 Å². The highest BCUT2D eigenvalue weighted by Gasteiger charge is 2.46. The van der Waals surface area contributed by atoms with Gasteiger partial charge in [0.1, 0.15) is 17.2 Å². The Kier molecular flexibility index (Phi) is 4.69. The molecule has 0 radical (unpaired) electrons. The van der Waals surface area contributed by atoms with Gasteiger partial charge in [-0.2, -0.15) is 10.4 Å². The summed E-state index contributed by atoms with van der Waals surface area (Å²) < 4.78 is 6.01. The van der Waals surface area contributed by atoms with E-state index in [1.165, 1.54) is 0 Å². The van der Waals surface area contributed by atoms with Gasteiger partial charge in [-0.15, -0.1) is 0 Å². The first kappa shape index (κ1) is 18.4. The summed E-state index contributed by atoms with van der Waals surface area (Å²) in [6.45, 7) is 0. The van der Waals surface area contributed by atoms with E-state index in [1.54, 1.807) is 6.07 Å². The van der Waals surface area contributed by atoms with E-state index in [9.17, 15) is 10.1 Å². The van der Waals surface area contributed by atoms with Gasteiger partial charge in [-0.1, -0.05) is 30.3 Å². The normalized spacial score (nSPS) is 24.4. The summed E-state index contributed by atoms with van der Waals surface area (Å²) in [5.74, 6) is 1.13. The molecule has 2 fully saturated rings. The van der Waals surface area contributed by atoms with E-state index in [-0.39, 0.29) is 23.9 Å². The Morgan fingerprint density at radius 1 is 1.13 bits per heavy atom.